The molecule has 0 unspecified atom stereocenters. The lowest BCUT2D eigenvalue weighted by molar-refractivity contribution is -0.113. The van der Waals surface area contributed by atoms with E-state index in [0.717, 1.165) is 15.6 Å². The first kappa shape index (κ1) is 23.5. The van der Waals surface area contributed by atoms with Crippen molar-refractivity contribution in [2.45, 2.75) is 6.61 Å². The van der Waals surface area contributed by atoms with Gasteiger partial charge >= 0.3 is 0 Å². The van der Waals surface area contributed by atoms with Crippen molar-refractivity contribution >= 4 is 85.1 Å². The molecule has 0 aliphatic carbocycles. The Morgan fingerprint density at radius 1 is 1.09 bits per heavy atom. The molecule has 2 aliphatic heterocycles. The first-order chi connectivity index (χ1) is 16.4. The zero-order chi connectivity index (χ0) is 23.8. The van der Waals surface area contributed by atoms with E-state index in [1.807, 2.05) is 24.3 Å². The summed E-state index contributed by atoms with van der Waals surface area (Å²) in [5.41, 5.74) is 2.30. The van der Waals surface area contributed by atoms with Crippen molar-refractivity contribution in [1.82, 2.24) is 0 Å². The van der Waals surface area contributed by atoms with Crippen molar-refractivity contribution in [3.8, 4) is 17.2 Å². The monoisotopic (exact) mass is 593 g/mol. The van der Waals surface area contributed by atoms with Crippen molar-refractivity contribution in [2.24, 2.45) is 0 Å². The van der Waals surface area contributed by atoms with Gasteiger partial charge in [0.25, 0.3) is 5.91 Å². The number of nitrogens with zero attached hydrogens (tertiary/aromatic N) is 1. The van der Waals surface area contributed by atoms with E-state index in [1.54, 1.807) is 36.4 Å². The first-order valence-corrected chi connectivity index (χ1v) is 12.7. The van der Waals surface area contributed by atoms with Gasteiger partial charge in [-0.2, -0.15) is 0 Å². The van der Waals surface area contributed by atoms with Crippen LogP contribution in [0, 0.1) is 0 Å². The Balaban J connectivity index is 1.32. The van der Waals surface area contributed by atoms with Crippen LogP contribution in [0.4, 0.5) is 5.69 Å². The molecule has 172 valence electrons. The fourth-order valence-corrected chi connectivity index (χ4v) is 5.66. The predicted molar refractivity (Wildman–Crippen MR) is 143 cm³/mol. The molecule has 3 aromatic rings. The van der Waals surface area contributed by atoms with E-state index >= 15 is 0 Å². The minimum absolute atomic E-state index is 0.165. The maximum Gasteiger partial charge on any atom is 0.270 e. The third-order valence-electron chi connectivity index (χ3n) is 5.06. The Hall–Kier alpha value is -2.23. The van der Waals surface area contributed by atoms with E-state index in [2.05, 4.69) is 15.9 Å². The van der Waals surface area contributed by atoms with Crippen LogP contribution in [0.15, 0.2) is 64.0 Å². The zero-order valence-electron chi connectivity index (χ0n) is 17.2. The molecule has 2 aliphatic rings. The fraction of sp³-hybridized carbons (Fsp3) is 0.0833. The molecule has 3 aromatic carbocycles. The molecule has 5 nitrogen and oxygen atoms in total. The molecular formula is C24H14BrCl2NO4S2. The van der Waals surface area contributed by atoms with Crippen LogP contribution in [0.2, 0.25) is 10.0 Å². The number of thioether (sulfide) groups is 1. The van der Waals surface area contributed by atoms with Crippen LogP contribution in [0.5, 0.6) is 17.2 Å². The van der Waals surface area contributed by atoms with Crippen LogP contribution in [0.25, 0.3) is 6.08 Å². The van der Waals surface area contributed by atoms with E-state index in [9.17, 15) is 4.79 Å². The molecule has 1 amide bonds. The molecule has 0 N–H and O–H groups in total. The normalized spacial score (nSPS) is 16.0. The lowest BCUT2D eigenvalue weighted by Crippen LogP contribution is -2.27. The third kappa shape index (κ3) is 4.78. The predicted octanol–water partition coefficient (Wildman–Crippen LogP) is 7.47. The van der Waals surface area contributed by atoms with Gasteiger partial charge in [-0.05, 0) is 64.0 Å². The molecule has 34 heavy (non-hydrogen) atoms. The van der Waals surface area contributed by atoms with Crippen molar-refractivity contribution in [3.05, 3.63) is 85.1 Å². The Morgan fingerprint density at radius 3 is 2.71 bits per heavy atom. The Bertz CT molecular complexity index is 1360. The number of amides is 1. The molecule has 5 rings (SSSR count). The summed E-state index contributed by atoms with van der Waals surface area (Å²) in [5.74, 6) is 1.70. The van der Waals surface area contributed by atoms with Crippen molar-refractivity contribution < 1.29 is 19.0 Å². The summed E-state index contributed by atoms with van der Waals surface area (Å²) in [6, 6.07) is 16.2. The van der Waals surface area contributed by atoms with Gasteiger partial charge in [0.2, 0.25) is 6.79 Å². The number of hydrogen-bond acceptors (Lipinski definition) is 6. The lowest BCUT2D eigenvalue weighted by Gasteiger charge is -2.14. The minimum Gasteiger partial charge on any atom is -0.488 e. The van der Waals surface area contributed by atoms with Gasteiger partial charge in [0, 0.05) is 21.7 Å². The average molecular weight is 595 g/mol. The van der Waals surface area contributed by atoms with Crippen LogP contribution in [-0.2, 0) is 11.4 Å². The topological polar surface area (TPSA) is 48.0 Å². The summed E-state index contributed by atoms with van der Waals surface area (Å²) >= 11 is 22.4. The summed E-state index contributed by atoms with van der Waals surface area (Å²) in [7, 11) is 0. The fourth-order valence-electron chi connectivity index (χ4n) is 3.38. The standard InChI is InChI=1S/C24H14BrCl2NO4S2/c25-17-7-13(1-5-19(17)30-11-14-2-3-15(26)9-18(14)27)8-22-23(29)28(24(33)34-22)16-4-6-20-21(10-16)32-12-31-20/h1-10H,11-12H2/b22-8+. The number of halogens is 3. The largest absolute Gasteiger partial charge is 0.488 e. The first-order valence-electron chi connectivity index (χ1n) is 9.93. The zero-order valence-corrected chi connectivity index (χ0v) is 21.9. The number of carbonyl (C=O) groups excluding carboxylic acids is 1. The Morgan fingerprint density at radius 2 is 1.91 bits per heavy atom. The summed E-state index contributed by atoms with van der Waals surface area (Å²) in [6.45, 7) is 0.459. The summed E-state index contributed by atoms with van der Waals surface area (Å²) in [5, 5.41) is 1.12. The van der Waals surface area contributed by atoms with E-state index in [1.165, 1.54) is 16.7 Å². The van der Waals surface area contributed by atoms with Gasteiger partial charge in [-0.1, -0.05) is 59.3 Å². The summed E-state index contributed by atoms with van der Waals surface area (Å²) < 4.78 is 17.9. The number of rotatable bonds is 5. The number of fused-ring (bicyclic) bond motifs is 1. The highest BCUT2D eigenvalue weighted by Gasteiger charge is 2.34. The van der Waals surface area contributed by atoms with E-state index in [-0.39, 0.29) is 12.7 Å². The van der Waals surface area contributed by atoms with Crippen LogP contribution < -0.4 is 19.1 Å². The highest BCUT2D eigenvalue weighted by atomic mass is 79.9. The number of anilines is 1. The molecule has 0 bridgehead atoms. The van der Waals surface area contributed by atoms with Gasteiger partial charge in [-0.15, -0.1) is 0 Å². The number of ether oxygens (including phenoxy) is 3. The number of thiocarbonyl (C=S) groups is 1. The Kier molecular flexibility index (Phi) is 6.77. The quantitative estimate of drug-likeness (QED) is 0.226. The minimum atomic E-state index is -0.192. The second-order valence-corrected chi connectivity index (χ2v) is 10.6. The Labute approximate surface area is 223 Å². The molecule has 0 atom stereocenters. The van der Waals surface area contributed by atoms with Gasteiger partial charge in [0.15, 0.2) is 15.8 Å². The number of carbonyl (C=O) groups is 1. The highest BCUT2D eigenvalue weighted by Crippen LogP contribution is 2.41. The van der Waals surface area contributed by atoms with Gasteiger partial charge in [-0.3, -0.25) is 9.69 Å². The van der Waals surface area contributed by atoms with Gasteiger partial charge in [-0.25, -0.2) is 0 Å². The second kappa shape index (κ2) is 9.79. The van der Waals surface area contributed by atoms with Crippen molar-refractivity contribution in [1.29, 1.82) is 0 Å². The third-order valence-corrected chi connectivity index (χ3v) is 7.57. The molecule has 0 radical (unpaired) electrons. The highest BCUT2D eigenvalue weighted by molar-refractivity contribution is 9.10. The van der Waals surface area contributed by atoms with E-state index in [0.29, 0.717) is 48.8 Å². The molecular weight excluding hydrogens is 581 g/mol. The van der Waals surface area contributed by atoms with Gasteiger partial charge in [0.05, 0.1) is 15.1 Å². The molecule has 1 fully saturated rings. The van der Waals surface area contributed by atoms with Crippen LogP contribution >= 0.6 is 63.1 Å². The summed E-state index contributed by atoms with van der Waals surface area (Å²) in [4.78, 5) is 15.1. The second-order valence-electron chi connectivity index (χ2n) is 7.27. The maximum atomic E-state index is 13.1. The van der Waals surface area contributed by atoms with Gasteiger partial charge in [0.1, 0.15) is 12.4 Å². The average Bonchev–Trinajstić information content (AvgIpc) is 3.37. The maximum absolute atomic E-state index is 13.1. The van der Waals surface area contributed by atoms with Crippen LogP contribution in [0.1, 0.15) is 11.1 Å². The van der Waals surface area contributed by atoms with Gasteiger partial charge < -0.3 is 14.2 Å². The summed E-state index contributed by atoms with van der Waals surface area (Å²) in [6.07, 6.45) is 1.80. The smallest absolute Gasteiger partial charge is 0.270 e. The number of benzene rings is 3. The van der Waals surface area contributed by atoms with Crippen molar-refractivity contribution in [3.63, 3.8) is 0 Å². The SMILES string of the molecule is O=C1/C(=C\c2ccc(OCc3ccc(Cl)cc3Cl)c(Br)c2)SC(=S)N1c1ccc2c(c1)OCO2. The molecule has 0 saturated carbocycles. The molecule has 0 spiro atoms. The van der Waals surface area contributed by atoms with E-state index in [4.69, 9.17) is 49.6 Å². The molecule has 10 heteroatoms. The molecule has 1 saturated heterocycles. The molecule has 0 aromatic heterocycles. The van der Waals surface area contributed by atoms with Crippen molar-refractivity contribution in [2.75, 3.05) is 11.7 Å². The molecule has 2 heterocycles. The van der Waals surface area contributed by atoms with Crippen LogP contribution in [-0.4, -0.2) is 17.0 Å². The number of hydrogen-bond donors (Lipinski definition) is 0. The lowest BCUT2D eigenvalue weighted by atomic mass is 10.2. The van der Waals surface area contributed by atoms with Crippen LogP contribution in [0.3, 0.4) is 0 Å². The van der Waals surface area contributed by atoms with E-state index < -0.39 is 0 Å².